The van der Waals surface area contributed by atoms with Crippen LogP contribution in [0, 0.1) is 0 Å². The van der Waals surface area contributed by atoms with E-state index in [1.54, 1.807) is 30.6 Å². The molecule has 1 aliphatic rings. The second-order valence-corrected chi connectivity index (χ2v) is 9.76. The Morgan fingerprint density at radius 2 is 1.78 bits per heavy atom. The highest BCUT2D eigenvalue weighted by molar-refractivity contribution is 7.89. The summed E-state index contributed by atoms with van der Waals surface area (Å²) in [4.78, 5) is 13.0. The Hall–Kier alpha value is -3.04. The second kappa shape index (κ2) is 9.62. The van der Waals surface area contributed by atoms with Gasteiger partial charge in [-0.25, -0.2) is 8.42 Å². The summed E-state index contributed by atoms with van der Waals surface area (Å²) in [5, 5.41) is 11.0. The molecule has 0 atom stereocenters. The number of aryl methyl sites for hydroxylation is 1. The first-order chi connectivity index (χ1) is 15.5. The van der Waals surface area contributed by atoms with Gasteiger partial charge in [0.1, 0.15) is 6.33 Å². The third-order valence-corrected chi connectivity index (χ3v) is 7.53. The fourth-order valence-corrected chi connectivity index (χ4v) is 5.44. The van der Waals surface area contributed by atoms with Gasteiger partial charge in [-0.15, -0.1) is 10.2 Å². The van der Waals surface area contributed by atoms with E-state index in [1.807, 2.05) is 29.7 Å². The van der Waals surface area contributed by atoms with Crippen molar-refractivity contribution in [1.29, 1.82) is 0 Å². The van der Waals surface area contributed by atoms with Gasteiger partial charge in [0.25, 0.3) is 5.91 Å². The zero-order chi connectivity index (χ0) is 22.6. The zero-order valence-corrected chi connectivity index (χ0v) is 18.9. The van der Waals surface area contributed by atoms with Gasteiger partial charge in [-0.3, -0.25) is 4.79 Å². The van der Waals surface area contributed by atoms with Crippen molar-refractivity contribution in [3.05, 3.63) is 60.4 Å². The molecule has 8 nitrogen and oxygen atoms in total. The summed E-state index contributed by atoms with van der Waals surface area (Å²) < 4.78 is 29.6. The Kier molecular flexibility index (Phi) is 6.66. The van der Waals surface area contributed by atoms with Crippen LogP contribution in [0.5, 0.6) is 0 Å². The predicted molar refractivity (Wildman–Crippen MR) is 123 cm³/mol. The van der Waals surface area contributed by atoms with Crippen molar-refractivity contribution in [1.82, 2.24) is 19.1 Å². The lowest BCUT2D eigenvalue weighted by Gasteiger charge is -2.20. The number of carbonyl (C=O) groups excluding carboxylic acids is 1. The summed E-state index contributed by atoms with van der Waals surface area (Å²) in [6, 6.07) is 13.6. The van der Waals surface area contributed by atoms with E-state index in [9.17, 15) is 13.2 Å². The maximum Gasteiger partial charge on any atom is 0.255 e. The van der Waals surface area contributed by atoms with Crippen LogP contribution in [-0.2, 0) is 16.6 Å². The van der Waals surface area contributed by atoms with Crippen LogP contribution in [0.4, 0.5) is 5.69 Å². The minimum Gasteiger partial charge on any atom is -0.322 e. The number of sulfonamides is 1. The van der Waals surface area contributed by atoms with Gasteiger partial charge in [0.15, 0.2) is 5.82 Å². The molecule has 0 saturated carbocycles. The van der Waals surface area contributed by atoms with Gasteiger partial charge >= 0.3 is 0 Å². The van der Waals surface area contributed by atoms with E-state index in [0.717, 1.165) is 37.8 Å². The molecule has 4 rings (SSSR count). The normalized spacial score (nSPS) is 15.3. The van der Waals surface area contributed by atoms with Crippen LogP contribution in [0.2, 0.25) is 0 Å². The number of benzene rings is 2. The lowest BCUT2D eigenvalue weighted by molar-refractivity contribution is 0.102. The summed E-state index contributed by atoms with van der Waals surface area (Å²) >= 11 is 0. The quantitative estimate of drug-likeness (QED) is 0.613. The first kappa shape index (κ1) is 22.2. The molecule has 0 unspecified atom stereocenters. The molecule has 168 valence electrons. The Morgan fingerprint density at radius 1 is 1.03 bits per heavy atom. The molecule has 0 spiro atoms. The fourth-order valence-electron chi connectivity index (χ4n) is 3.88. The van der Waals surface area contributed by atoms with E-state index in [2.05, 4.69) is 15.5 Å². The SMILES string of the molecule is CCn1cnnc1-c1cccc(NC(=O)c2cccc(S(=O)(=O)N3CCCCCC3)c2)c1. The van der Waals surface area contributed by atoms with Crippen molar-refractivity contribution in [2.75, 3.05) is 18.4 Å². The van der Waals surface area contributed by atoms with Gasteiger partial charge in [-0.1, -0.05) is 31.0 Å². The average molecular weight is 454 g/mol. The topological polar surface area (TPSA) is 97.2 Å². The lowest BCUT2D eigenvalue weighted by Crippen LogP contribution is -2.32. The van der Waals surface area contributed by atoms with Gasteiger partial charge in [-0.2, -0.15) is 4.31 Å². The number of rotatable bonds is 6. The minimum atomic E-state index is -3.62. The fraction of sp³-hybridized carbons (Fsp3) is 0.348. The first-order valence-electron chi connectivity index (χ1n) is 10.9. The molecule has 1 saturated heterocycles. The number of amides is 1. The van der Waals surface area contributed by atoms with Crippen LogP contribution in [0.15, 0.2) is 59.8 Å². The van der Waals surface area contributed by atoms with E-state index in [1.165, 1.54) is 10.4 Å². The van der Waals surface area contributed by atoms with Crippen LogP contribution in [0.25, 0.3) is 11.4 Å². The van der Waals surface area contributed by atoms with Gasteiger partial charge < -0.3 is 9.88 Å². The Labute approximate surface area is 188 Å². The molecule has 1 aliphatic heterocycles. The smallest absolute Gasteiger partial charge is 0.255 e. The summed E-state index contributed by atoms with van der Waals surface area (Å²) in [5.74, 6) is 0.348. The van der Waals surface area contributed by atoms with Crippen LogP contribution >= 0.6 is 0 Å². The van der Waals surface area contributed by atoms with Crippen LogP contribution in [0.3, 0.4) is 0 Å². The van der Waals surface area contributed by atoms with Crippen LogP contribution in [0.1, 0.15) is 43.0 Å². The molecule has 1 amide bonds. The van der Waals surface area contributed by atoms with Crippen LogP contribution in [-0.4, -0.2) is 46.5 Å². The van der Waals surface area contributed by atoms with Gasteiger partial charge in [0.05, 0.1) is 4.90 Å². The Bertz CT molecular complexity index is 1200. The van der Waals surface area contributed by atoms with Crippen molar-refractivity contribution in [3.63, 3.8) is 0 Å². The molecular formula is C23H27N5O3S. The molecular weight excluding hydrogens is 426 g/mol. The minimum absolute atomic E-state index is 0.150. The standard InChI is InChI=1S/C23H27N5O3S/c1-2-27-17-24-26-22(27)18-9-7-11-20(15-18)25-23(29)19-10-8-12-21(16-19)32(30,31)28-13-5-3-4-6-14-28/h7-12,15-17H,2-6,13-14H2,1H3,(H,25,29). The summed E-state index contributed by atoms with van der Waals surface area (Å²) in [5.41, 5.74) is 1.72. The summed E-state index contributed by atoms with van der Waals surface area (Å²) in [6.07, 6.45) is 5.48. The number of aromatic nitrogens is 3. The zero-order valence-electron chi connectivity index (χ0n) is 18.1. The number of hydrogen-bond donors (Lipinski definition) is 1. The first-order valence-corrected chi connectivity index (χ1v) is 12.3. The second-order valence-electron chi connectivity index (χ2n) is 7.82. The van der Waals surface area contributed by atoms with E-state index >= 15 is 0 Å². The molecule has 9 heteroatoms. The van der Waals surface area contributed by atoms with Crippen molar-refractivity contribution < 1.29 is 13.2 Å². The van der Waals surface area contributed by atoms with Gasteiger partial charge in [-0.05, 0) is 50.1 Å². The third-order valence-electron chi connectivity index (χ3n) is 5.63. The molecule has 3 aromatic rings. The largest absolute Gasteiger partial charge is 0.322 e. The summed E-state index contributed by atoms with van der Waals surface area (Å²) in [6.45, 7) is 3.78. The lowest BCUT2D eigenvalue weighted by atomic mass is 10.1. The molecule has 0 radical (unpaired) electrons. The third kappa shape index (κ3) is 4.73. The summed E-state index contributed by atoms with van der Waals surface area (Å²) in [7, 11) is -3.62. The molecule has 1 fully saturated rings. The molecule has 1 aromatic heterocycles. The Balaban J connectivity index is 1.54. The number of nitrogens with zero attached hydrogens (tertiary/aromatic N) is 4. The molecule has 1 N–H and O–H groups in total. The van der Waals surface area contributed by atoms with Crippen LogP contribution < -0.4 is 5.32 Å². The number of anilines is 1. The maximum atomic E-state index is 13.1. The van der Waals surface area contributed by atoms with Gasteiger partial charge in [0, 0.05) is 36.4 Å². The van der Waals surface area contributed by atoms with E-state index in [-0.39, 0.29) is 10.8 Å². The molecule has 0 aliphatic carbocycles. The predicted octanol–water partition coefficient (Wildman–Crippen LogP) is 3.78. The van der Waals surface area contributed by atoms with E-state index in [0.29, 0.717) is 30.2 Å². The van der Waals surface area contributed by atoms with Gasteiger partial charge in [0.2, 0.25) is 10.0 Å². The number of hydrogen-bond acceptors (Lipinski definition) is 5. The highest BCUT2D eigenvalue weighted by Crippen LogP contribution is 2.23. The van der Waals surface area contributed by atoms with E-state index in [4.69, 9.17) is 0 Å². The molecule has 2 aromatic carbocycles. The monoisotopic (exact) mass is 453 g/mol. The van der Waals surface area contributed by atoms with Crippen molar-refractivity contribution >= 4 is 21.6 Å². The maximum absolute atomic E-state index is 13.1. The highest BCUT2D eigenvalue weighted by atomic mass is 32.2. The van der Waals surface area contributed by atoms with Crippen molar-refractivity contribution in [2.24, 2.45) is 0 Å². The molecule has 32 heavy (non-hydrogen) atoms. The van der Waals surface area contributed by atoms with Crippen molar-refractivity contribution in [3.8, 4) is 11.4 Å². The molecule has 0 bridgehead atoms. The average Bonchev–Trinajstić information content (AvgIpc) is 3.12. The number of carbonyl (C=O) groups is 1. The van der Waals surface area contributed by atoms with Crippen molar-refractivity contribution in [2.45, 2.75) is 44.0 Å². The number of nitrogens with one attached hydrogen (secondary N) is 1. The molecule has 2 heterocycles. The highest BCUT2D eigenvalue weighted by Gasteiger charge is 2.25. The Morgan fingerprint density at radius 3 is 2.53 bits per heavy atom. The van der Waals surface area contributed by atoms with E-state index < -0.39 is 10.0 Å².